The van der Waals surface area contributed by atoms with Crippen LogP contribution in [0.1, 0.15) is 5.56 Å². The number of hydrogen-bond acceptors (Lipinski definition) is 5. The monoisotopic (exact) mass is 285 g/mol. The van der Waals surface area contributed by atoms with Gasteiger partial charge in [0.2, 0.25) is 5.91 Å². The minimum absolute atomic E-state index is 0.0246. The lowest BCUT2D eigenvalue weighted by Gasteiger charge is -2.06. The molecule has 1 aromatic carbocycles. The van der Waals surface area contributed by atoms with E-state index in [1.54, 1.807) is 18.5 Å². The third-order valence-electron chi connectivity index (χ3n) is 2.65. The second-order valence-corrected chi connectivity index (χ2v) is 4.34. The third kappa shape index (κ3) is 4.54. The van der Waals surface area contributed by atoms with Crippen LogP contribution in [0.4, 0.5) is 5.69 Å². The Morgan fingerprint density at radius 2 is 2.38 bits per heavy atom. The summed E-state index contributed by atoms with van der Waals surface area (Å²) in [7, 11) is 0. The van der Waals surface area contributed by atoms with Crippen LogP contribution in [0.25, 0.3) is 0 Å². The quantitative estimate of drug-likeness (QED) is 0.785. The highest BCUT2D eigenvalue weighted by atomic mass is 16.5. The van der Waals surface area contributed by atoms with Crippen LogP contribution in [-0.2, 0) is 17.9 Å². The minimum Gasteiger partial charge on any atom is -0.479 e. The summed E-state index contributed by atoms with van der Waals surface area (Å²) < 4.78 is 6.71. The van der Waals surface area contributed by atoms with Gasteiger partial charge in [0.25, 0.3) is 0 Å². The molecule has 0 aliphatic heterocycles. The Hall–Kier alpha value is -3.01. The van der Waals surface area contributed by atoms with Gasteiger partial charge in [-0.1, -0.05) is 12.1 Å². The van der Waals surface area contributed by atoms with E-state index in [-0.39, 0.29) is 13.2 Å². The van der Waals surface area contributed by atoms with E-state index in [2.05, 4.69) is 10.4 Å². The highest BCUT2D eigenvalue weighted by Gasteiger charge is 2.02. The Morgan fingerprint density at radius 1 is 1.52 bits per heavy atom. The summed E-state index contributed by atoms with van der Waals surface area (Å²) in [5, 5.41) is 15.7. The van der Waals surface area contributed by atoms with E-state index in [4.69, 9.17) is 15.7 Å². The van der Waals surface area contributed by atoms with Gasteiger partial charge in [-0.05, 0) is 17.7 Å². The van der Waals surface area contributed by atoms with Crippen molar-refractivity contribution < 1.29 is 9.53 Å². The number of anilines is 1. The van der Waals surface area contributed by atoms with Gasteiger partial charge in [0.15, 0.2) is 6.61 Å². The standard InChI is InChI=1S/C14H15N5O2/c15-4-5-21-13-3-1-2-11(6-13)7-17-12-8-18-19(9-12)10-14(16)20/h1-3,6,8-9,17H,5,7,10H2,(H2,16,20). The van der Waals surface area contributed by atoms with Crippen LogP contribution in [0.2, 0.25) is 0 Å². The Kier molecular flexibility index (Phi) is 4.77. The number of nitrogens with zero attached hydrogens (tertiary/aromatic N) is 3. The van der Waals surface area contributed by atoms with Crippen LogP contribution in [0.5, 0.6) is 5.75 Å². The zero-order chi connectivity index (χ0) is 15.1. The van der Waals surface area contributed by atoms with Crippen molar-refractivity contribution in [1.82, 2.24) is 9.78 Å². The van der Waals surface area contributed by atoms with Crippen molar-refractivity contribution in [1.29, 1.82) is 5.26 Å². The first-order valence-electron chi connectivity index (χ1n) is 6.30. The van der Waals surface area contributed by atoms with E-state index < -0.39 is 5.91 Å². The summed E-state index contributed by atoms with van der Waals surface area (Å²) in [5.74, 6) is 0.215. The van der Waals surface area contributed by atoms with E-state index >= 15 is 0 Å². The van der Waals surface area contributed by atoms with Crippen molar-refractivity contribution in [2.24, 2.45) is 5.73 Å². The van der Waals surface area contributed by atoms with E-state index in [9.17, 15) is 4.79 Å². The zero-order valence-corrected chi connectivity index (χ0v) is 11.3. The molecule has 0 spiro atoms. The molecule has 2 rings (SSSR count). The molecule has 0 atom stereocenters. The molecule has 1 heterocycles. The van der Waals surface area contributed by atoms with Crippen LogP contribution >= 0.6 is 0 Å². The maximum absolute atomic E-state index is 10.8. The largest absolute Gasteiger partial charge is 0.479 e. The summed E-state index contributed by atoms with van der Waals surface area (Å²) in [6.45, 7) is 0.655. The average Bonchev–Trinajstić information content (AvgIpc) is 2.90. The van der Waals surface area contributed by atoms with Crippen LogP contribution in [0, 0.1) is 11.3 Å². The first-order valence-corrected chi connectivity index (χ1v) is 6.30. The number of nitrogens with one attached hydrogen (secondary N) is 1. The molecule has 7 heteroatoms. The molecular formula is C14H15N5O2. The molecule has 1 amide bonds. The van der Waals surface area contributed by atoms with Gasteiger partial charge in [-0.25, -0.2) is 0 Å². The van der Waals surface area contributed by atoms with E-state index in [1.165, 1.54) is 4.68 Å². The number of carbonyl (C=O) groups excluding carboxylic acids is 1. The van der Waals surface area contributed by atoms with Gasteiger partial charge in [-0.3, -0.25) is 9.48 Å². The Balaban J connectivity index is 1.92. The van der Waals surface area contributed by atoms with Crippen molar-refractivity contribution in [3.05, 3.63) is 42.2 Å². The molecule has 7 nitrogen and oxygen atoms in total. The summed E-state index contributed by atoms with van der Waals surface area (Å²) in [6.07, 6.45) is 3.33. The Labute approximate surface area is 121 Å². The van der Waals surface area contributed by atoms with Gasteiger partial charge in [0.1, 0.15) is 18.4 Å². The number of primary amides is 1. The highest BCUT2D eigenvalue weighted by Crippen LogP contribution is 2.15. The lowest BCUT2D eigenvalue weighted by molar-refractivity contribution is -0.118. The summed E-state index contributed by atoms with van der Waals surface area (Å²) in [5.41, 5.74) is 6.90. The highest BCUT2D eigenvalue weighted by molar-refractivity contribution is 5.73. The molecule has 0 saturated carbocycles. The molecule has 2 aromatic rings. The van der Waals surface area contributed by atoms with Crippen LogP contribution < -0.4 is 15.8 Å². The molecule has 0 aliphatic carbocycles. The van der Waals surface area contributed by atoms with Crippen LogP contribution in [0.3, 0.4) is 0 Å². The van der Waals surface area contributed by atoms with Gasteiger partial charge in [-0.15, -0.1) is 0 Å². The first-order chi connectivity index (χ1) is 10.2. The molecule has 21 heavy (non-hydrogen) atoms. The summed E-state index contributed by atoms with van der Waals surface area (Å²) in [6, 6.07) is 9.39. The molecule has 0 unspecified atom stereocenters. The SMILES string of the molecule is N#CCOc1cccc(CNc2cnn(CC(N)=O)c2)c1. The maximum atomic E-state index is 10.8. The molecule has 108 valence electrons. The van der Waals surface area contributed by atoms with Gasteiger partial charge in [-0.2, -0.15) is 10.4 Å². The van der Waals surface area contributed by atoms with Gasteiger partial charge in [0.05, 0.1) is 11.9 Å². The Bertz CT molecular complexity index is 659. The predicted molar refractivity (Wildman–Crippen MR) is 76.3 cm³/mol. The smallest absolute Gasteiger partial charge is 0.239 e. The number of nitriles is 1. The number of carbonyl (C=O) groups is 1. The third-order valence-corrected chi connectivity index (χ3v) is 2.65. The molecule has 3 N–H and O–H groups in total. The van der Waals surface area contributed by atoms with E-state index in [0.29, 0.717) is 12.3 Å². The summed E-state index contributed by atoms with van der Waals surface area (Å²) >= 11 is 0. The number of hydrogen-bond donors (Lipinski definition) is 2. The minimum atomic E-state index is -0.438. The topological polar surface area (TPSA) is 106 Å². The number of benzene rings is 1. The molecule has 0 fully saturated rings. The number of aromatic nitrogens is 2. The van der Waals surface area contributed by atoms with Crippen molar-refractivity contribution in [2.75, 3.05) is 11.9 Å². The molecule has 0 bridgehead atoms. The average molecular weight is 285 g/mol. The van der Waals surface area contributed by atoms with Gasteiger partial charge in [0, 0.05) is 12.7 Å². The molecule has 0 saturated heterocycles. The van der Waals surface area contributed by atoms with E-state index in [1.807, 2.05) is 24.3 Å². The second kappa shape index (κ2) is 6.96. The first kappa shape index (κ1) is 14.4. The maximum Gasteiger partial charge on any atom is 0.239 e. The normalized spacial score (nSPS) is 9.86. The van der Waals surface area contributed by atoms with Crippen molar-refractivity contribution in [2.45, 2.75) is 13.1 Å². The van der Waals surface area contributed by atoms with E-state index in [0.717, 1.165) is 11.3 Å². The van der Waals surface area contributed by atoms with Crippen LogP contribution in [-0.4, -0.2) is 22.3 Å². The fourth-order valence-corrected chi connectivity index (χ4v) is 1.77. The van der Waals surface area contributed by atoms with Crippen molar-refractivity contribution in [3.8, 4) is 11.8 Å². The van der Waals surface area contributed by atoms with Crippen LogP contribution in [0.15, 0.2) is 36.7 Å². The van der Waals surface area contributed by atoms with Gasteiger partial charge < -0.3 is 15.8 Å². The lowest BCUT2D eigenvalue weighted by atomic mass is 10.2. The van der Waals surface area contributed by atoms with Crippen molar-refractivity contribution in [3.63, 3.8) is 0 Å². The number of rotatable bonds is 7. The number of ether oxygens (including phenoxy) is 1. The fraction of sp³-hybridized carbons (Fsp3) is 0.214. The van der Waals surface area contributed by atoms with Gasteiger partial charge >= 0.3 is 0 Å². The number of nitrogens with two attached hydrogens (primary N) is 1. The second-order valence-electron chi connectivity index (χ2n) is 4.34. The lowest BCUT2D eigenvalue weighted by Crippen LogP contribution is -2.18. The molecule has 0 aliphatic rings. The predicted octanol–water partition coefficient (Wildman–Crippen LogP) is 0.883. The molecule has 1 aromatic heterocycles. The van der Waals surface area contributed by atoms with Crippen molar-refractivity contribution >= 4 is 11.6 Å². The molecular weight excluding hydrogens is 270 g/mol. The fourth-order valence-electron chi connectivity index (χ4n) is 1.77. The molecule has 0 radical (unpaired) electrons. The summed E-state index contributed by atoms with van der Waals surface area (Å²) in [4.78, 5) is 10.8. The zero-order valence-electron chi connectivity index (χ0n) is 11.3. The number of amides is 1. The Morgan fingerprint density at radius 3 is 3.14 bits per heavy atom.